The highest BCUT2D eigenvalue weighted by atomic mass is 16.5. The predicted octanol–water partition coefficient (Wildman–Crippen LogP) is 1.81. The second kappa shape index (κ2) is 5.77. The number of rotatable bonds is 5. The summed E-state index contributed by atoms with van der Waals surface area (Å²) in [6.07, 6.45) is 2.14. The van der Waals surface area contributed by atoms with E-state index in [1.54, 1.807) is 24.4 Å². The molecule has 3 N–H and O–H groups in total. The highest BCUT2D eigenvalue weighted by Crippen LogP contribution is 2.20. The topological polar surface area (TPSA) is 89.1 Å². The van der Waals surface area contributed by atoms with Gasteiger partial charge >= 0.3 is 0 Å². The fourth-order valence-electron chi connectivity index (χ4n) is 1.56. The Morgan fingerprint density at radius 1 is 1.37 bits per heavy atom. The fourth-order valence-corrected chi connectivity index (χ4v) is 1.56. The number of carbonyl (C=O) groups excluding carboxylic acids is 1. The van der Waals surface area contributed by atoms with E-state index in [2.05, 4.69) is 4.98 Å². The van der Waals surface area contributed by atoms with E-state index >= 15 is 0 Å². The maximum absolute atomic E-state index is 10.6. The molecular formula is C14H13N3O2. The van der Waals surface area contributed by atoms with Gasteiger partial charge in [0.25, 0.3) is 0 Å². The molecule has 0 saturated heterocycles. The zero-order chi connectivity index (χ0) is 13.7. The van der Waals surface area contributed by atoms with Crippen LogP contribution in [-0.4, -0.2) is 17.0 Å². The van der Waals surface area contributed by atoms with Crippen LogP contribution < -0.4 is 10.5 Å². The molecule has 5 nitrogen and oxygen atoms in total. The second-order valence-electron chi connectivity index (χ2n) is 3.89. The summed E-state index contributed by atoms with van der Waals surface area (Å²) in [7, 11) is 0. The van der Waals surface area contributed by atoms with Crippen LogP contribution in [0.15, 0.2) is 42.6 Å². The molecule has 0 radical (unpaired) electrons. The van der Waals surface area contributed by atoms with Crippen LogP contribution in [0, 0.1) is 5.41 Å². The van der Waals surface area contributed by atoms with Crippen LogP contribution >= 0.6 is 0 Å². The van der Waals surface area contributed by atoms with Gasteiger partial charge in [-0.2, -0.15) is 0 Å². The van der Waals surface area contributed by atoms with Gasteiger partial charge in [-0.1, -0.05) is 6.07 Å². The van der Waals surface area contributed by atoms with Crippen LogP contribution in [-0.2, 0) is 11.4 Å². The van der Waals surface area contributed by atoms with Crippen molar-refractivity contribution in [2.75, 3.05) is 5.73 Å². The second-order valence-corrected chi connectivity index (χ2v) is 3.89. The standard InChI is InChI=1S/C14H13N3O2/c15-13-5-4-11(7-12(13)14(16)8-18)19-9-10-3-1-2-6-17-10/h1-8,16H,9,15H2. The Hall–Kier alpha value is -2.69. The number of anilines is 1. The van der Waals surface area contributed by atoms with Gasteiger partial charge in [-0.25, -0.2) is 0 Å². The van der Waals surface area contributed by atoms with E-state index in [4.69, 9.17) is 15.9 Å². The van der Waals surface area contributed by atoms with Crippen molar-refractivity contribution in [2.24, 2.45) is 0 Å². The van der Waals surface area contributed by atoms with Crippen molar-refractivity contribution in [1.82, 2.24) is 4.98 Å². The Kier molecular flexibility index (Phi) is 3.87. The van der Waals surface area contributed by atoms with E-state index in [1.165, 1.54) is 0 Å². The van der Waals surface area contributed by atoms with Crippen molar-refractivity contribution in [2.45, 2.75) is 6.61 Å². The first-order chi connectivity index (χ1) is 9.20. The van der Waals surface area contributed by atoms with E-state index in [1.807, 2.05) is 18.2 Å². The number of nitrogen functional groups attached to an aromatic ring is 1. The summed E-state index contributed by atoms with van der Waals surface area (Å²) in [6, 6.07) is 10.4. The van der Waals surface area contributed by atoms with E-state index < -0.39 is 0 Å². The van der Waals surface area contributed by atoms with Gasteiger partial charge in [0.1, 0.15) is 18.1 Å². The minimum Gasteiger partial charge on any atom is -0.487 e. The molecule has 0 amide bonds. The SMILES string of the molecule is N=C(C=O)c1cc(OCc2ccccn2)ccc1N. The highest BCUT2D eigenvalue weighted by molar-refractivity contribution is 6.36. The summed E-state index contributed by atoms with van der Waals surface area (Å²) < 4.78 is 5.55. The quantitative estimate of drug-likeness (QED) is 0.484. The van der Waals surface area contributed by atoms with E-state index in [-0.39, 0.29) is 5.71 Å². The average molecular weight is 255 g/mol. The van der Waals surface area contributed by atoms with Gasteiger partial charge in [-0.3, -0.25) is 15.2 Å². The minimum absolute atomic E-state index is 0.166. The zero-order valence-electron chi connectivity index (χ0n) is 10.2. The smallest absolute Gasteiger partial charge is 0.168 e. The lowest BCUT2D eigenvalue weighted by Gasteiger charge is -2.09. The third-order valence-electron chi connectivity index (χ3n) is 2.55. The Morgan fingerprint density at radius 3 is 2.89 bits per heavy atom. The van der Waals surface area contributed by atoms with Crippen molar-refractivity contribution in [3.8, 4) is 5.75 Å². The first-order valence-electron chi connectivity index (χ1n) is 5.67. The number of carbonyl (C=O) groups is 1. The van der Waals surface area contributed by atoms with Crippen molar-refractivity contribution in [3.05, 3.63) is 53.9 Å². The number of benzene rings is 1. The molecule has 0 atom stereocenters. The van der Waals surface area contributed by atoms with Crippen molar-refractivity contribution < 1.29 is 9.53 Å². The maximum atomic E-state index is 10.6. The van der Waals surface area contributed by atoms with Crippen molar-refractivity contribution in [1.29, 1.82) is 5.41 Å². The molecule has 0 aliphatic carbocycles. The number of nitrogens with zero attached hydrogens (tertiary/aromatic N) is 1. The molecule has 2 aromatic rings. The molecule has 0 fully saturated rings. The normalized spacial score (nSPS) is 9.89. The van der Waals surface area contributed by atoms with Gasteiger partial charge < -0.3 is 10.5 Å². The third-order valence-corrected chi connectivity index (χ3v) is 2.55. The molecule has 1 aromatic carbocycles. The lowest BCUT2D eigenvalue weighted by Crippen LogP contribution is -2.06. The number of hydrogen-bond acceptors (Lipinski definition) is 5. The number of ether oxygens (including phenoxy) is 1. The molecule has 1 aromatic heterocycles. The predicted molar refractivity (Wildman–Crippen MR) is 72.3 cm³/mol. The minimum atomic E-state index is -0.166. The molecule has 0 unspecified atom stereocenters. The van der Waals surface area contributed by atoms with Crippen molar-refractivity contribution >= 4 is 17.7 Å². The van der Waals surface area contributed by atoms with Crippen LogP contribution in [0.2, 0.25) is 0 Å². The summed E-state index contributed by atoms with van der Waals surface area (Å²) in [4.78, 5) is 14.8. The largest absolute Gasteiger partial charge is 0.487 e. The first-order valence-corrected chi connectivity index (χ1v) is 5.67. The summed E-state index contributed by atoms with van der Waals surface area (Å²) in [5, 5.41) is 7.50. The fraction of sp³-hybridized carbons (Fsp3) is 0.0714. The van der Waals surface area contributed by atoms with Gasteiger partial charge in [0.2, 0.25) is 0 Å². The van der Waals surface area contributed by atoms with E-state index in [0.29, 0.717) is 29.9 Å². The molecule has 19 heavy (non-hydrogen) atoms. The molecule has 5 heteroatoms. The summed E-state index contributed by atoms with van der Waals surface area (Å²) >= 11 is 0. The summed E-state index contributed by atoms with van der Waals surface area (Å²) in [6.45, 7) is 0.318. The van der Waals surface area contributed by atoms with E-state index in [9.17, 15) is 4.79 Å². The van der Waals surface area contributed by atoms with Gasteiger partial charge in [-0.15, -0.1) is 0 Å². The van der Waals surface area contributed by atoms with Crippen LogP contribution in [0.25, 0.3) is 0 Å². The van der Waals surface area contributed by atoms with Crippen LogP contribution in [0.3, 0.4) is 0 Å². The van der Waals surface area contributed by atoms with Crippen LogP contribution in [0.4, 0.5) is 5.69 Å². The molecule has 96 valence electrons. The Labute approximate surface area is 110 Å². The Morgan fingerprint density at radius 2 is 2.21 bits per heavy atom. The lowest BCUT2D eigenvalue weighted by atomic mass is 10.1. The number of hydrogen-bond donors (Lipinski definition) is 2. The summed E-state index contributed by atoms with van der Waals surface area (Å²) in [5.74, 6) is 0.543. The van der Waals surface area contributed by atoms with Gasteiger partial charge in [-0.05, 0) is 30.3 Å². The first kappa shape index (κ1) is 12.8. The number of nitrogens with two attached hydrogens (primary N) is 1. The Bertz CT molecular complexity index is 597. The zero-order valence-corrected chi connectivity index (χ0v) is 10.2. The maximum Gasteiger partial charge on any atom is 0.168 e. The van der Waals surface area contributed by atoms with Crippen LogP contribution in [0.5, 0.6) is 5.75 Å². The van der Waals surface area contributed by atoms with Crippen molar-refractivity contribution in [3.63, 3.8) is 0 Å². The molecule has 0 spiro atoms. The Balaban J connectivity index is 2.13. The molecule has 1 heterocycles. The molecular weight excluding hydrogens is 242 g/mol. The monoisotopic (exact) mass is 255 g/mol. The van der Waals surface area contributed by atoms with Gasteiger partial charge in [0, 0.05) is 17.4 Å². The van der Waals surface area contributed by atoms with Gasteiger partial charge in [0.15, 0.2) is 6.29 Å². The third kappa shape index (κ3) is 3.16. The van der Waals surface area contributed by atoms with Gasteiger partial charge in [0.05, 0.1) is 5.69 Å². The average Bonchev–Trinajstić information content (AvgIpc) is 2.46. The molecule has 0 aliphatic heterocycles. The molecule has 0 aliphatic rings. The number of nitrogens with one attached hydrogen (secondary N) is 1. The summed E-state index contributed by atoms with van der Waals surface area (Å²) in [5.41, 5.74) is 7.08. The lowest BCUT2D eigenvalue weighted by molar-refractivity contribution is -0.102. The number of aromatic nitrogens is 1. The molecule has 0 saturated carbocycles. The molecule has 0 bridgehead atoms. The number of aldehydes is 1. The highest BCUT2D eigenvalue weighted by Gasteiger charge is 2.07. The molecule has 2 rings (SSSR count). The van der Waals surface area contributed by atoms with E-state index in [0.717, 1.165) is 5.69 Å². The van der Waals surface area contributed by atoms with Crippen LogP contribution in [0.1, 0.15) is 11.3 Å². The number of pyridine rings is 1.